The van der Waals surface area contributed by atoms with Gasteiger partial charge in [0.15, 0.2) is 18.1 Å². The van der Waals surface area contributed by atoms with Crippen molar-refractivity contribution in [3.63, 3.8) is 0 Å². The van der Waals surface area contributed by atoms with Crippen molar-refractivity contribution in [1.82, 2.24) is 5.32 Å². The van der Waals surface area contributed by atoms with Gasteiger partial charge in [-0.15, -0.1) is 0 Å². The van der Waals surface area contributed by atoms with Crippen LogP contribution in [0.2, 0.25) is 0 Å². The molecular weight excluding hydrogens is 330 g/mol. The molecule has 2 aromatic rings. The highest BCUT2D eigenvalue weighted by atomic mass is 16.6. The van der Waals surface area contributed by atoms with E-state index in [1.165, 1.54) is 11.1 Å². The summed E-state index contributed by atoms with van der Waals surface area (Å²) in [6.07, 6.45) is 0. The highest BCUT2D eigenvalue weighted by Crippen LogP contribution is 2.30. The number of fused-ring (bicyclic) bond motifs is 1. The fourth-order valence-electron chi connectivity index (χ4n) is 2.98. The molecule has 1 aliphatic heterocycles. The molecule has 3 rings (SSSR count). The second-order valence-electron chi connectivity index (χ2n) is 6.72. The van der Waals surface area contributed by atoms with Crippen molar-refractivity contribution in [2.45, 2.75) is 33.2 Å². The van der Waals surface area contributed by atoms with Crippen LogP contribution in [0.5, 0.6) is 17.2 Å². The highest BCUT2D eigenvalue weighted by molar-refractivity contribution is 5.77. The zero-order chi connectivity index (χ0) is 18.5. The topological polar surface area (TPSA) is 56.8 Å². The summed E-state index contributed by atoms with van der Waals surface area (Å²) in [7, 11) is 0. The molecule has 1 aliphatic rings. The van der Waals surface area contributed by atoms with Crippen molar-refractivity contribution in [2.24, 2.45) is 0 Å². The molecule has 0 bridgehead atoms. The van der Waals surface area contributed by atoms with Gasteiger partial charge in [0.1, 0.15) is 19.0 Å². The molecule has 138 valence electrons. The van der Waals surface area contributed by atoms with Crippen LogP contribution < -0.4 is 19.5 Å². The number of benzene rings is 2. The maximum Gasteiger partial charge on any atom is 0.258 e. The monoisotopic (exact) mass is 355 g/mol. The van der Waals surface area contributed by atoms with Crippen LogP contribution >= 0.6 is 0 Å². The Bertz CT molecular complexity index is 786. The molecule has 0 unspecified atom stereocenters. The molecule has 0 aliphatic carbocycles. The maximum absolute atomic E-state index is 12.0. The molecule has 0 saturated heterocycles. The number of hydrogen-bond donors (Lipinski definition) is 1. The summed E-state index contributed by atoms with van der Waals surface area (Å²) in [5, 5.41) is 2.86. The zero-order valence-electron chi connectivity index (χ0n) is 15.5. The summed E-state index contributed by atoms with van der Waals surface area (Å²) in [4.78, 5) is 12.0. The van der Waals surface area contributed by atoms with E-state index in [0.717, 1.165) is 17.1 Å². The van der Waals surface area contributed by atoms with E-state index in [9.17, 15) is 4.79 Å². The van der Waals surface area contributed by atoms with Crippen LogP contribution in [-0.2, 0) is 11.3 Å². The second kappa shape index (κ2) is 8.13. The predicted molar refractivity (Wildman–Crippen MR) is 100 cm³/mol. The lowest BCUT2D eigenvalue weighted by Crippen LogP contribution is -2.28. The first kappa shape index (κ1) is 18.1. The van der Waals surface area contributed by atoms with Gasteiger partial charge >= 0.3 is 0 Å². The first-order chi connectivity index (χ1) is 12.5. The molecule has 5 nitrogen and oxygen atoms in total. The molecule has 0 spiro atoms. The van der Waals surface area contributed by atoms with E-state index in [0.29, 0.717) is 31.4 Å². The largest absolute Gasteiger partial charge is 0.486 e. The number of carbonyl (C=O) groups is 1. The third-order valence-corrected chi connectivity index (χ3v) is 4.33. The van der Waals surface area contributed by atoms with Gasteiger partial charge in [-0.3, -0.25) is 4.79 Å². The second-order valence-corrected chi connectivity index (χ2v) is 6.72. The van der Waals surface area contributed by atoms with Gasteiger partial charge < -0.3 is 19.5 Å². The lowest BCUT2D eigenvalue weighted by atomic mass is 9.98. The van der Waals surface area contributed by atoms with E-state index >= 15 is 0 Å². The van der Waals surface area contributed by atoms with E-state index in [2.05, 4.69) is 32.2 Å². The Kier molecular flexibility index (Phi) is 5.66. The number of ether oxygens (including phenoxy) is 3. The SMILES string of the molecule is Cc1cc(OCC(=O)NCc2ccc3c(c2)OCCO3)ccc1C(C)C. The third-order valence-electron chi connectivity index (χ3n) is 4.33. The molecular formula is C21H25NO4. The quantitative estimate of drug-likeness (QED) is 0.860. The fraction of sp³-hybridized carbons (Fsp3) is 0.381. The smallest absolute Gasteiger partial charge is 0.258 e. The number of rotatable bonds is 6. The molecule has 0 fully saturated rings. The van der Waals surface area contributed by atoms with Crippen LogP contribution in [0.3, 0.4) is 0 Å². The summed E-state index contributed by atoms with van der Waals surface area (Å²) >= 11 is 0. The van der Waals surface area contributed by atoms with Gasteiger partial charge in [0.05, 0.1) is 0 Å². The molecule has 1 N–H and O–H groups in total. The van der Waals surface area contributed by atoms with Gasteiger partial charge in [-0.1, -0.05) is 26.0 Å². The molecule has 26 heavy (non-hydrogen) atoms. The Morgan fingerprint density at radius 1 is 1.12 bits per heavy atom. The summed E-state index contributed by atoms with van der Waals surface area (Å²) in [5.74, 6) is 2.49. The normalized spacial score (nSPS) is 12.8. The fourth-order valence-corrected chi connectivity index (χ4v) is 2.98. The average molecular weight is 355 g/mol. The summed E-state index contributed by atoms with van der Waals surface area (Å²) in [5.41, 5.74) is 3.43. The molecule has 0 radical (unpaired) electrons. The first-order valence-electron chi connectivity index (χ1n) is 8.91. The van der Waals surface area contributed by atoms with Gasteiger partial charge in [0, 0.05) is 6.54 Å². The minimum absolute atomic E-state index is 0.00891. The molecule has 0 aromatic heterocycles. The van der Waals surface area contributed by atoms with E-state index in [1.807, 2.05) is 30.3 Å². The van der Waals surface area contributed by atoms with Crippen molar-refractivity contribution in [1.29, 1.82) is 0 Å². The van der Waals surface area contributed by atoms with Crippen LogP contribution in [0.1, 0.15) is 36.5 Å². The molecule has 1 heterocycles. The maximum atomic E-state index is 12.0. The molecule has 0 saturated carbocycles. The predicted octanol–water partition coefficient (Wildman–Crippen LogP) is 3.58. The lowest BCUT2D eigenvalue weighted by molar-refractivity contribution is -0.123. The van der Waals surface area contributed by atoms with Crippen LogP contribution in [0, 0.1) is 6.92 Å². The molecule has 2 aromatic carbocycles. The minimum atomic E-state index is -0.162. The first-order valence-corrected chi connectivity index (χ1v) is 8.91. The zero-order valence-corrected chi connectivity index (χ0v) is 15.5. The van der Waals surface area contributed by atoms with Crippen LogP contribution in [0.25, 0.3) is 0 Å². The van der Waals surface area contributed by atoms with Crippen molar-refractivity contribution in [3.8, 4) is 17.2 Å². The number of hydrogen-bond acceptors (Lipinski definition) is 4. The van der Waals surface area contributed by atoms with E-state index in [-0.39, 0.29) is 12.5 Å². The summed E-state index contributed by atoms with van der Waals surface area (Å²) in [6.45, 7) is 7.91. The van der Waals surface area contributed by atoms with E-state index < -0.39 is 0 Å². The Morgan fingerprint density at radius 2 is 1.88 bits per heavy atom. The summed E-state index contributed by atoms with van der Waals surface area (Å²) < 4.78 is 16.6. The van der Waals surface area contributed by atoms with E-state index in [4.69, 9.17) is 14.2 Å². The highest BCUT2D eigenvalue weighted by Gasteiger charge is 2.12. The van der Waals surface area contributed by atoms with Gasteiger partial charge in [0.25, 0.3) is 5.91 Å². The Hall–Kier alpha value is -2.69. The molecule has 0 atom stereocenters. The Morgan fingerprint density at radius 3 is 2.62 bits per heavy atom. The van der Waals surface area contributed by atoms with Gasteiger partial charge in [0.2, 0.25) is 0 Å². The Labute approximate surface area is 154 Å². The minimum Gasteiger partial charge on any atom is -0.486 e. The van der Waals surface area contributed by atoms with Crippen LogP contribution in [0.15, 0.2) is 36.4 Å². The van der Waals surface area contributed by atoms with E-state index in [1.54, 1.807) is 0 Å². The van der Waals surface area contributed by atoms with Crippen molar-refractivity contribution in [3.05, 3.63) is 53.1 Å². The Balaban J connectivity index is 1.49. The lowest BCUT2D eigenvalue weighted by Gasteiger charge is -2.19. The number of nitrogens with one attached hydrogen (secondary N) is 1. The van der Waals surface area contributed by atoms with Crippen LogP contribution in [0.4, 0.5) is 0 Å². The summed E-state index contributed by atoms with van der Waals surface area (Å²) in [6, 6.07) is 11.6. The van der Waals surface area contributed by atoms with Crippen LogP contribution in [-0.4, -0.2) is 25.7 Å². The molecule has 5 heteroatoms. The van der Waals surface area contributed by atoms with Gasteiger partial charge in [-0.2, -0.15) is 0 Å². The third kappa shape index (κ3) is 4.48. The van der Waals surface area contributed by atoms with Crippen molar-refractivity contribution < 1.29 is 19.0 Å². The standard InChI is InChI=1S/C21H25NO4/c1-14(2)18-6-5-17(10-15(18)3)26-13-21(23)22-12-16-4-7-19-20(11-16)25-9-8-24-19/h4-7,10-11,14H,8-9,12-13H2,1-3H3,(H,22,23). The molecule has 1 amide bonds. The van der Waals surface area contributed by atoms with Crippen molar-refractivity contribution in [2.75, 3.05) is 19.8 Å². The van der Waals surface area contributed by atoms with Crippen molar-refractivity contribution >= 4 is 5.91 Å². The van der Waals surface area contributed by atoms with Gasteiger partial charge in [-0.25, -0.2) is 0 Å². The average Bonchev–Trinajstić information content (AvgIpc) is 2.64. The van der Waals surface area contributed by atoms with Gasteiger partial charge in [-0.05, 0) is 53.8 Å². The number of carbonyl (C=O) groups excluding carboxylic acids is 1. The number of amides is 1. The number of aryl methyl sites for hydroxylation is 1.